The summed E-state index contributed by atoms with van der Waals surface area (Å²) in [4.78, 5) is 12.8. The average Bonchev–Trinajstić information content (AvgIpc) is 2.43. The Morgan fingerprint density at radius 2 is 2.10 bits per heavy atom. The van der Waals surface area contributed by atoms with Gasteiger partial charge in [0.2, 0.25) is 0 Å². The number of rotatable bonds is 2. The minimum absolute atomic E-state index is 0.0609. The van der Waals surface area contributed by atoms with Crippen molar-refractivity contribution in [2.75, 3.05) is 19.6 Å². The van der Waals surface area contributed by atoms with E-state index in [1.54, 1.807) is 11.0 Å². The lowest BCUT2D eigenvalue weighted by Gasteiger charge is -2.55. The molecule has 1 aromatic carbocycles. The quantitative estimate of drug-likeness (QED) is 0.876. The number of benzene rings is 1. The molecule has 2 aliphatic rings. The van der Waals surface area contributed by atoms with Gasteiger partial charge in [0.25, 0.3) is 0 Å². The normalized spacial score (nSPS) is 28.5. The number of carbonyl (C=O) groups is 1. The molecule has 0 bridgehead atoms. The molecule has 1 amide bonds. The van der Waals surface area contributed by atoms with Crippen LogP contribution in [0.3, 0.4) is 0 Å². The second-order valence-electron chi connectivity index (χ2n) is 6.09. The summed E-state index contributed by atoms with van der Waals surface area (Å²) in [7, 11) is 0. The average molecular weight is 329 g/mol. The number of carboxylic acid groups (broad SMARTS) is 1. The minimum Gasteiger partial charge on any atom is -0.465 e. The molecule has 2 atom stereocenters. The highest BCUT2D eigenvalue weighted by Crippen LogP contribution is 2.40. The number of nitrogens with zero attached hydrogens (tertiary/aromatic N) is 1. The molecular formula is C15H18Cl2N2O2. The van der Waals surface area contributed by atoms with Gasteiger partial charge in [0, 0.05) is 41.1 Å². The molecule has 4 nitrogen and oxygen atoms in total. The van der Waals surface area contributed by atoms with Crippen molar-refractivity contribution in [2.45, 2.75) is 25.3 Å². The summed E-state index contributed by atoms with van der Waals surface area (Å²) in [6, 6.07) is 5.87. The molecule has 114 valence electrons. The molecule has 2 heterocycles. The second-order valence-corrected chi connectivity index (χ2v) is 6.96. The number of amides is 1. The molecule has 1 aromatic rings. The maximum absolute atomic E-state index is 11.2. The van der Waals surface area contributed by atoms with Gasteiger partial charge in [0.05, 0.1) is 0 Å². The Kier molecular flexibility index (Phi) is 4.04. The monoisotopic (exact) mass is 328 g/mol. The van der Waals surface area contributed by atoms with Gasteiger partial charge in [-0.3, -0.25) is 0 Å². The summed E-state index contributed by atoms with van der Waals surface area (Å²) in [5.74, 6) is 0. The molecule has 2 aliphatic heterocycles. The van der Waals surface area contributed by atoms with E-state index in [1.165, 1.54) is 0 Å². The zero-order chi connectivity index (χ0) is 15.0. The van der Waals surface area contributed by atoms with Crippen molar-refractivity contribution in [2.24, 2.45) is 5.41 Å². The van der Waals surface area contributed by atoms with Gasteiger partial charge in [-0.2, -0.15) is 0 Å². The lowest BCUT2D eigenvalue weighted by molar-refractivity contribution is -0.00102. The fourth-order valence-electron chi connectivity index (χ4n) is 3.54. The molecule has 2 fully saturated rings. The Bertz CT molecular complexity index is 546. The molecule has 6 heteroatoms. The van der Waals surface area contributed by atoms with E-state index in [-0.39, 0.29) is 11.5 Å². The Morgan fingerprint density at radius 1 is 1.38 bits per heavy atom. The topological polar surface area (TPSA) is 52.6 Å². The van der Waals surface area contributed by atoms with E-state index in [0.717, 1.165) is 31.4 Å². The van der Waals surface area contributed by atoms with Crippen LogP contribution in [0.2, 0.25) is 10.0 Å². The van der Waals surface area contributed by atoms with Crippen molar-refractivity contribution in [1.82, 2.24) is 10.2 Å². The van der Waals surface area contributed by atoms with E-state index in [4.69, 9.17) is 23.2 Å². The predicted octanol–water partition coefficient (Wildman–Crippen LogP) is 3.27. The van der Waals surface area contributed by atoms with Crippen LogP contribution in [0.25, 0.3) is 0 Å². The lowest BCUT2D eigenvalue weighted by atomic mass is 9.66. The SMILES string of the molecule is O=C(O)N1CCCC2(CNC2Cc2cc(Cl)cc(Cl)c2)C1. The first kappa shape index (κ1) is 14.9. The third kappa shape index (κ3) is 2.98. The van der Waals surface area contributed by atoms with Crippen molar-refractivity contribution in [3.8, 4) is 0 Å². The van der Waals surface area contributed by atoms with Crippen LogP contribution < -0.4 is 5.32 Å². The van der Waals surface area contributed by atoms with E-state index in [2.05, 4.69) is 5.32 Å². The first-order valence-electron chi connectivity index (χ1n) is 7.15. The lowest BCUT2D eigenvalue weighted by Crippen LogP contribution is -2.69. The molecular weight excluding hydrogens is 311 g/mol. The van der Waals surface area contributed by atoms with Gasteiger partial charge in [-0.05, 0) is 43.0 Å². The number of nitrogens with one attached hydrogen (secondary N) is 1. The van der Waals surface area contributed by atoms with Crippen molar-refractivity contribution < 1.29 is 9.90 Å². The smallest absolute Gasteiger partial charge is 0.407 e. The van der Waals surface area contributed by atoms with Crippen molar-refractivity contribution in [3.05, 3.63) is 33.8 Å². The summed E-state index contributed by atoms with van der Waals surface area (Å²) in [5.41, 5.74) is 1.15. The highest BCUT2D eigenvalue weighted by atomic mass is 35.5. The predicted molar refractivity (Wildman–Crippen MR) is 83.2 cm³/mol. The molecule has 3 rings (SSSR count). The van der Waals surface area contributed by atoms with Crippen molar-refractivity contribution >= 4 is 29.3 Å². The van der Waals surface area contributed by atoms with E-state index >= 15 is 0 Å². The minimum atomic E-state index is -0.814. The Hall–Kier alpha value is -0.970. The Morgan fingerprint density at radius 3 is 2.67 bits per heavy atom. The number of likely N-dealkylation sites (tertiary alicyclic amines) is 1. The molecule has 0 saturated carbocycles. The van der Waals surface area contributed by atoms with Crippen LogP contribution in [0.5, 0.6) is 0 Å². The maximum atomic E-state index is 11.2. The Labute approximate surface area is 134 Å². The molecule has 21 heavy (non-hydrogen) atoms. The van der Waals surface area contributed by atoms with Crippen LogP contribution in [-0.2, 0) is 6.42 Å². The number of halogens is 2. The van der Waals surface area contributed by atoms with Crippen LogP contribution >= 0.6 is 23.2 Å². The summed E-state index contributed by atoms with van der Waals surface area (Å²) in [6.45, 7) is 2.15. The van der Waals surface area contributed by atoms with Gasteiger partial charge in [-0.15, -0.1) is 0 Å². The molecule has 1 spiro atoms. The molecule has 0 aliphatic carbocycles. The van der Waals surface area contributed by atoms with Gasteiger partial charge in [-0.1, -0.05) is 23.2 Å². The van der Waals surface area contributed by atoms with Crippen LogP contribution in [0.1, 0.15) is 18.4 Å². The zero-order valence-corrected chi connectivity index (χ0v) is 13.1. The maximum Gasteiger partial charge on any atom is 0.407 e. The molecule has 0 aromatic heterocycles. The molecule has 2 N–H and O–H groups in total. The van der Waals surface area contributed by atoms with Gasteiger partial charge in [-0.25, -0.2) is 4.79 Å². The van der Waals surface area contributed by atoms with E-state index in [1.807, 2.05) is 12.1 Å². The summed E-state index contributed by atoms with van der Waals surface area (Å²) in [6.07, 6.45) is 2.02. The highest BCUT2D eigenvalue weighted by molar-refractivity contribution is 6.34. The molecule has 0 radical (unpaired) electrons. The fourth-order valence-corrected chi connectivity index (χ4v) is 4.11. The van der Waals surface area contributed by atoms with Gasteiger partial charge in [0.1, 0.15) is 0 Å². The van der Waals surface area contributed by atoms with Gasteiger partial charge < -0.3 is 15.3 Å². The van der Waals surface area contributed by atoms with Crippen molar-refractivity contribution in [3.63, 3.8) is 0 Å². The van der Waals surface area contributed by atoms with E-state index in [9.17, 15) is 9.90 Å². The van der Waals surface area contributed by atoms with Crippen LogP contribution in [0, 0.1) is 5.41 Å². The number of piperidine rings is 1. The fraction of sp³-hybridized carbons (Fsp3) is 0.533. The summed E-state index contributed by atoms with van der Waals surface area (Å²) < 4.78 is 0. The van der Waals surface area contributed by atoms with Crippen LogP contribution in [-0.4, -0.2) is 41.8 Å². The molecule has 2 unspecified atom stereocenters. The van der Waals surface area contributed by atoms with E-state index < -0.39 is 6.09 Å². The van der Waals surface area contributed by atoms with Crippen LogP contribution in [0.15, 0.2) is 18.2 Å². The highest BCUT2D eigenvalue weighted by Gasteiger charge is 2.49. The first-order chi connectivity index (χ1) is 9.98. The standard InChI is InChI=1S/C15H18Cl2N2O2/c16-11-4-10(5-12(17)7-11)6-13-15(8-18-13)2-1-3-19(9-15)14(20)21/h4-5,7,13,18H,1-3,6,8-9H2,(H,20,21). The van der Waals surface area contributed by atoms with Gasteiger partial charge in [0.15, 0.2) is 0 Å². The van der Waals surface area contributed by atoms with E-state index in [0.29, 0.717) is 23.1 Å². The molecule has 2 saturated heterocycles. The van der Waals surface area contributed by atoms with Gasteiger partial charge >= 0.3 is 6.09 Å². The third-order valence-corrected chi connectivity index (χ3v) is 5.12. The van der Waals surface area contributed by atoms with Crippen LogP contribution in [0.4, 0.5) is 4.79 Å². The zero-order valence-electron chi connectivity index (χ0n) is 11.6. The number of hydrogen-bond acceptors (Lipinski definition) is 2. The van der Waals surface area contributed by atoms with Crippen molar-refractivity contribution in [1.29, 1.82) is 0 Å². The second kappa shape index (κ2) is 5.67. The number of hydrogen-bond donors (Lipinski definition) is 2. The summed E-state index contributed by atoms with van der Waals surface area (Å²) >= 11 is 12.1. The summed E-state index contributed by atoms with van der Waals surface area (Å²) in [5, 5.41) is 13.9. The first-order valence-corrected chi connectivity index (χ1v) is 7.90. The Balaban J connectivity index is 1.73. The largest absolute Gasteiger partial charge is 0.465 e. The third-order valence-electron chi connectivity index (χ3n) is 4.68.